The van der Waals surface area contributed by atoms with E-state index in [9.17, 15) is 4.11 Å². The van der Waals surface area contributed by atoms with Crippen molar-refractivity contribution in [3.8, 4) is 67.5 Å². The van der Waals surface area contributed by atoms with Crippen LogP contribution in [0.4, 0.5) is 0 Å². The molecule has 2 heterocycles. The minimum atomic E-state index is -0.517. The van der Waals surface area contributed by atoms with Gasteiger partial charge in [-0.25, -0.2) is 15.0 Å². The quantitative estimate of drug-likeness (QED) is 0.156. The lowest BCUT2D eigenvalue weighted by Crippen LogP contribution is -2.01. The summed E-state index contributed by atoms with van der Waals surface area (Å²) >= 11 is 1.73. The molecule has 0 aliphatic heterocycles. The van der Waals surface area contributed by atoms with Crippen molar-refractivity contribution >= 4 is 74.6 Å². The average molecular weight is 851 g/mol. The van der Waals surface area contributed by atoms with Gasteiger partial charge in [0.1, 0.15) is 0 Å². The molecular formula is C61H37N3S. The van der Waals surface area contributed by atoms with Crippen LogP contribution in [0.15, 0.2) is 224 Å². The van der Waals surface area contributed by atoms with Crippen LogP contribution >= 0.6 is 11.3 Å². The molecule has 0 saturated heterocycles. The van der Waals surface area contributed by atoms with Crippen molar-refractivity contribution < 1.29 is 9.60 Å². The highest BCUT2D eigenvalue weighted by atomic mass is 32.1. The van der Waals surface area contributed by atoms with Crippen LogP contribution in [0.2, 0.25) is 0 Å². The summed E-state index contributed by atoms with van der Waals surface area (Å²) in [6.07, 6.45) is 0. The largest absolute Gasteiger partial charge is 0.208 e. The van der Waals surface area contributed by atoms with Gasteiger partial charge >= 0.3 is 0 Å². The fourth-order valence-corrected chi connectivity index (χ4v) is 10.2. The molecule has 0 bridgehead atoms. The highest BCUT2D eigenvalue weighted by Gasteiger charge is 2.18. The number of rotatable bonds is 6. The molecule has 2 aromatic heterocycles. The molecule has 0 N–H and O–H groups in total. The summed E-state index contributed by atoms with van der Waals surface area (Å²) in [6.45, 7) is 0. The van der Waals surface area contributed by atoms with Crippen molar-refractivity contribution in [1.82, 2.24) is 15.0 Å². The lowest BCUT2D eigenvalue weighted by atomic mass is 9.93. The van der Waals surface area contributed by atoms with E-state index in [0.717, 1.165) is 81.2 Å². The SMILES string of the molecule is [2H]c1c([2H])c([2H])c2c([2H])c(-c3cc(-c4ccc5cc(-c6ccccc6)ccc5c4)cc(-c4nc(-c5ccc6sc7ccccc7c6c5)nc(-c5cccc6c5ccc5ccccc56)n4)c3)c([2H])c([2H])c2c1[2H]. The minimum absolute atomic E-state index is 0.0548. The van der Waals surface area contributed by atoms with Crippen molar-refractivity contribution in [2.45, 2.75) is 0 Å². The average Bonchev–Trinajstić information content (AvgIpc) is 3.80. The number of fused-ring (bicyclic) bond motifs is 8. The maximum atomic E-state index is 9.61. The first-order chi connectivity index (χ1) is 35.1. The first-order valence-corrected chi connectivity index (χ1v) is 22.2. The molecule has 0 fully saturated rings. The normalized spacial score (nSPS) is 13.2. The van der Waals surface area contributed by atoms with E-state index >= 15 is 0 Å². The fraction of sp³-hybridized carbons (Fsp3) is 0. The molecule has 0 amide bonds. The first kappa shape index (κ1) is 30.7. The van der Waals surface area contributed by atoms with E-state index in [-0.39, 0.29) is 34.5 Å². The number of hydrogen-bond acceptors (Lipinski definition) is 4. The van der Waals surface area contributed by atoms with Gasteiger partial charge in [0.25, 0.3) is 0 Å². The molecule has 0 atom stereocenters. The molecule has 0 aliphatic rings. The second-order valence-electron chi connectivity index (χ2n) is 16.2. The summed E-state index contributed by atoms with van der Waals surface area (Å²) in [5.41, 5.74) is 6.40. The summed E-state index contributed by atoms with van der Waals surface area (Å²) < 4.78 is 65.1. The van der Waals surface area contributed by atoms with Crippen molar-refractivity contribution in [3.05, 3.63) is 224 Å². The van der Waals surface area contributed by atoms with Crippen LogP contribution < -0.4 is 0 Å². The lowest BCUT2D eigenvalue weighted by Gasteiger charge is -2.14. The molecule has 65 heavy (non-hydrogen) atoms. The number of nitrogens with zero attached hydrogens (tertiary/aromatic N) is 3. The van der Waals surface area contributed by atoms with Crippen molar-refractivity contribution in [1.29, 1.82) is 0 Å². The molecule has 0 radical (unpaired) electrons. The first-order valence-electron chi connectivity index (χ1n) is 24.9. The number of thiophene rings is 1. The highest BCUT2D eigenvalue weighted by Crippen LogP contribution is 2.40. The molecule has 0 unspecified atom stereocenters. The summed E-state index contributed by atoms with van der Waals surface area (Å²) in [7, 11) is 0. The summed E-state index contributed by atoms with van der Waals surface area (Å²) in [4.78, 5) is 15.8. The van der Waals surface area contributed by atoms with Crippen LogP contribution in [-0.2, 0) is 0 Å². The third-order valence-electron chi connectivity index (χ3n) is 12.3. The van der Waals surface area contributed by atoms with Crippen molar-refractivity contribution in [2.75, 3.05) is 0 Å². The molecule has 0 spiro atoms. The molecule has 4 heteroatoms. The Labute approximate surface area is 389 Å². The summed E-state index contributed by atoms with van der Waals surface area (Å²) in [6, 6.07) is 59.0. The van der Waals surface area contributed by atoms with E-state index < -0.39 is 24.2 Å². The Balaban J connectivity index is 1.08. The molecule has 0 aliphatic carbocycles. The van der Waals surface area contributed by atoms with E-state index in [0.29, 0.717) is 28.6 Å². The fourth-order valence-electron chi connectivity index (χ4n) is 9.08. The zero-order valence-electron chi connectivity index (χ0n) is 41.6. The van der Waals surface area contributed by atoms with Gasteiger partial charge in [0.05, 0.1) is 9.60 Å². The van der Waals surface area contributed by atoms with Crippen LogP contribution in [-0.4, -0.2) is 15.0 Å². The molecule has 3 nitrogen and oxygen atoms in total. The van der Waals surface area contributed by atoms with E-state index in [4.69, 9.17) is 20.4 Å². The van der Waals surface area contributed by atoms with Crippen molar-refractivity contribution in [3.63, 3.8) is 0 Å². The molecule has 13 aromatic rings. The second-order valence-corrected chi connectivity index (χ2v) is 17.3. The van der Waals surface area contributed by atoms with Gasteiger partial charge in [0.2, 0.25) is 0 Å². The smallest absolute Gasteiger partial charge is 0.164 e. The van der Waals surface area contributed by atoms with Crippen LogP contribution in [0.25, 0.3) is 131 Å². The second kappa shape index (κ2) is 15.2. The van der Waals surface area contributed by atoms with Crippen molar-refractivity contribution in [2.24, 2.45) is 0 Å². The van der Waals surface area contributed by atoms with E-state index in [1.807, 2.05) is 84.9 Å². The van der Waals surface area contributed by atoms with Gasteiger partial charge in [-0.05, 0) is 137 Å². The molecular weight excluding hydrogens is 807 g/mol. The van der Waals surface area contributed by atoms with Gasteiger partial charge in [-0.2, -0.15) is 0 Å². The predicted octanol–water partition coefficient (Wildman–Crippen LogP) is 16.9. The van der Waals surface area contributed by atoms with E-state index in [1.165, 1.54) is 4.70 Å². The van der Waals surface area contributed by atoms with Crippen LogP contribution in [0.5, 0.6) is 0 Å². The molecule has 13 rings (SSSR count). The highest BCUT2D eigenvalue weighted by molar-refractivity contribution is 7.25. The molecule has 0 saturated carbocycles. The Kier molecular flexibility index (Phi) is 7.18. The van der Waals surface area contributed by atoms with Crippen LogP contribution in [0.1, 0.15) is 9.60 Å². The van der Waals surface area contributed by atoms with E-state index in [2.05, 4.69) is 97.1 Å². The van der Waals surface area contributed by atoms with Crippen LogP contribution in [0, 0.1) is 0 Å². The number of benzene rings is 11. The zero-order chi connectivity index (χ0) is 48.9. The monoisotopic (exact) mass is 850 g/mol. The van der Waals surface area contributed by atoms with Gasteiger partial charge in [0, 0.05) is 36.9 Å². The Bertz CT molecular complexity index is 4440. The Morgan fingerprint density at radius 1 is 0.308 bits per heavy atom. The maximum absolute atomic E-state index is 9.61. The van der Waals surface area contributed by atoms with Gasteiger partial charge in [-0.15, -0.1) is 11.3 Å². The predicted molar refractivity (Wildman–Crippen MR) is 275 cm³/mol. The van der Waals surface area contributed by atoms with Gasteiger partial charge in [-0.3, -0.25) is 0 Å². The van der Waals surface area contributed by atoms with Gasteiger partial charge < -0.3 is 0 Å². The number of hydrogen-bond donors (Lipinski definition) is 0. The van der Waals surface area contributed by atoms with Gasteiger partial charge in [0.15, 0.2) is 17.5 Å². The number of aromatic nitrogens is 3. The minimum Gasteiger partial charge on any atom is -0.208 e. The molecule has 11 aromatic carbocycles. The third-order valence-corrected chi connectivity index (χ3v) is 13.5. The Morgan fingerprint density at radius 2 is 0.938 bits per heavy atom. The summed E-state index contributed by atoms with van der Waals surface area (Å²) in [5.74, 6) is 1.25. The summed E-state index contributed by atoms with van der Waals surface area (Å²) in [5, 5.41) is 8.26. The Hall–Kier alpha value is -8.31. The topological polar surface area (TPSA) is 38.7 Å². The zero-order valence-corrected chi connectivity index (χ0v) is 35.4. The standard InChI is InChI=1S/C61H37N3S/c1-2-11-38(12-3-1)42-23-24-44-33-46(26-25-43(44)32-42)49-34-48(45-22-21-39-13-4-5-15-41(39)31-45)35-50(36-49)60-62-59(47-28-30-58-56(37-47)54-17-8-9-20-57(54)65-58)63-61(64-60)55-19-10-18-52-51-16-7-6-14-40(51)27-29-53(52)55/h1-37H/i4D,5D,13D,15D,21D,22D,31D. The Morgan fingerprint density at radius 3 is 1.78 bits per heavy atom. The molecule has 302 valence electrons. The lowest BCUT2D eigenvalue weighted by molar-refractivity contribution is 1.08. The van der Waals surface area contributed by atoms with Gasteiger partial charge in [-0.1, -0.05) is 164 Å². The third kappa shape index (κ3) is 6.62. The van der Waals surface area contributed by atoms with Crippen LogP contribution in [0.3, 0.4) is 0 Å². The maximum Gasteiger partial charge on any atom is 0.164 e. The van der Waals surface area contributed by atoms with E-state index in [1.54, 1.807) is 11.3 Å².